The Morgan fingerprint density at radius 1 is 0.957 bits per heavy atom. The van der Waals surface area contributed by atoms with E-state index in [1.165, 1.54) is 11.8 Å². The second-order valence-corrected chi connectivity index (χ2v) is 12.4. The predicted octanol–water partition coefficient (Wildman–Crippen LogP) is 6.05. The first kappa shape index (κ1) is 31.1. The number of ether oxygens (including phenoxy) is 2. The molecule has 0 fully saturated rings. The lowest BCUT2D eigenvalue weighted by Gasteiger charge is -2.22. The fraction of sp³-hybridized carbons (Fsp3) is 0.206. The van der Waals surface area contributed by atoms with Crippen LogP contribution >= 0.6 is 23.1 Å². The number of rotatable bonds is 11. The topological polar surface area (TPSA) is 111 Å². The van der Waals surface area contributed by atoms with Gasteiger partial charge in [0.05, 0.1) is 48.8 Å². The van der Waals surface area contributed by atoms with Crippen molar-refractivity contribution in [3.8, 4) is 17.2 Å². The van der Waals surface area contributed by atoms with Gasteiger partial charge in [0.25, 0.3) is 11.8 Å². The number of hydrogen-bond donors (Lipinski definition) is 1. The molecule has 3 aromatic carbocycles. The number of carbonyl (C=O) groups is 2. The van der Waals surface area contributed by atoms with E-state index >= 15 is 0 Å². The number of hydrogen-bond acceptors (Lipinski definition) is 9. The average Bonchev–Trinajstić information content (AvgIpc) is 3.87. The Kier molecular flexibility index (Phi) is 9.46. The summed E-state index contributed by atoms with van der Waals surface area (Å²) in [5.74, 6) is 1.41. The second-order valence-electron chi connectivity index (χ2n) is 10.5. The summed E-state index contributed by atoms with van der Waals surface area (Å²) in [7, 11) is 3.17. The first-order valence-electron chi connectivity index (χ1n) is 14.6. The second kappa shape index (κ2) is 14.0. The first-order chi connectivity index (χ1) is 22.4. The molecule has 0 unspecified atom stereocenters. The van der Waals surface area contributed by atoms with E-state index in [9.17, 15) is 9.59 Å². The minimum absolute atomic E-state index is 0.0784. The van der Waals surface area contributed by atoms with Gasteiger partial charge in [-0.3, -0.25) is 14.2 Å². The van der Waals surface area contributed by atoms with Crippen LogP contribution in [-0.2, 0) is 11.3 Å². The fourth-order valence-corrected chi connectivity index (χ4v) is 6.68. The Morgan fingerprint density at radius 2 is 1.74 bits per heavy atom. The van der Waals surface area contributed by atoms with Crippen LogP contribution in [-0.4, -0.2) is 57.3 Å². The van der Waals surface area contributed by atoms with E-state index in [1.54, 1.807) is 54.8 Å². The number of thioether (sulfide) groups is 1. The highest BCUT2D eigenvalue weighted by Crippen LogP contribution is 2.35. The highest BCUT2D eigenvalue weighted by atomic mass is 32.2. The molecule has 0 saturated heterocycles. The molecule has 234 valence electrons. The van der Waals surface area contributed by atoms with E-state index in [0.717, 1.165) is 21.7 Å². The molecule has 0 aliphatic carbocycles. The van der Waals surface area contributed by atoms with Crippen molar-refractivity contribution in [3.05, 3.63) is 118 Å². The van der Waals surface area contributed by atoms with Gasteiger partial charge < -0.3 is 14.8 Å². The Hall–Kier alpha value is -4.94. The van der Waals surface area contributed by atoms with Crippen LogP contribution in [0, 0.1) is 6.92 Å². The number of thiophene rings is 1. The summed E-state index contributed by atoms with van der Waals surface area (Å²) in [6, 6.07) is 26.4. The molecule has 5 aromatic rings. The summed E-state index contributed by atoms with van der Waals surface area (Å²) in [4.78, 5) is 27.8. The van der Waals surface area contributed by atoms with Gasteiger partial charge in [0.15, 0.2) is 11.0 Å². The summed E-state index contributed by atoms with van der Waals surface area (Å²) >= 11 is 2.87. The Labute approximate surface area is 275 Å². The lowest BCUT2D eigenvalue weighted by molar-refractivity contribution is -0.130. The maximum absolute atomic E-state index is 13.8. The minimum Gasteiger partial charge on any atom is -0.497 e. The number of carbonyl (C=O) groups excluding carboxylic acids is 2. The first-order valence-corrected chi connectivity index (χ1v) is 16.4. The van der Waals surface area contributed by atoms with E-state index in [1.807, 2.05) is 53.3 Å². The number of benzene rings is 3. The molecule has 0 bridgehead atoms. The summed E-state index contributed by atoms with van der Waals surface area (Å²) in [5, 5.41) is 20.7. The van der Waals surface area contributed by atoms with Gasteiger partial charge >= 0.3 is 0 Å². The normalized spacial score (nSPS) is 14.2. The van der Waals surface area contributed by atoms with Crippen LogP contribution in [0.3, 0.4) is 0 Å². The molecule has 0 saturated carbocycles. The molecule has 2 amide bonds. The van der Waals surface area contributed by atoms with Crippen LogP contribution in [0.15, 0.2) is 101 Å². The molecular weight excluding hydrogens is 621 g/mol. The highest BCUT2D eigenvalue weighted by molar-refractivity contribution is 7.99. The molecule has 1 aliphatic rings. The molecule has 2 aromatic heterocycles. The molecule has 0 radical (unpaired) electrons. The number of methoxy groups -OCH3 is 2. The Morgan fingerprint density at radius 3 is 2.46 bits per heavy atom. The quantitative estimate of drug-likeness (QED) is 0.173. The maximum atomic E-state index is 13.8. The molecule has 12 heteroatoms. The molecule has 46 heavy (non-hydrogen) atoms. The molecule has 10 nitrogen and oxygen atoms in total. The molecule has 3 heterocycles. The van der Waals surface area contributed by atoms with Crippen LogP contribution in [0.4, 0.5) is 0 Å². The van der Waals surface area contributed by atoms with Crippen LogP contribution in [0.25, 0.3) is 5.69 Å². The van der Waals surface area contributed by atoms with Gasteiger partial charge in [-0.1, -0.05) is 59.8 Å². The van der Waals surface area contributed by atoms with Crippen LogP contribution in [0.2, 0.25) is 0 Å². The number of para-hydroxylation sites is 2. The molecule has 1 atom stereocenters. The number of aryl methyl sites for hydroxylation is 1. The molecule has 6 rings (SSSR count). The van der Waals surface area contributed by atoms with Crippen LogP contribution in [0.5, 0.6) is 11.5 Å². The lowest BCUT2D eigenvalue weighted by atomic mass is 10.00. The van der Waals surface area contributed by atoms with Gasteiger partial charge in [-0.15, -0.1) is 21.5 Å². The molecule has 1 aliphatic heterocycles. The average molecular weight is 653 g/mol. The van der Waals surface area contributed by atoms with Crippen molar-refractivity contribution in [1.82, 2.24) is 25.1 Å². The molecule has 0 spiro atoms. The van der Waals surface area contributed by atoms with Crippen molar-refractivity contribution in [3.63, 3.8) is 0 Å². The zero-order valence-corrected chi connectivity index (χ0v) is 27.2. The monoisotopic (exact) mass is 652 g/mol. The Bertz CT molecular complexity index is 1850. The van der Waals surface area contributed by atoms with Gasteiger partial charge in [0, 0.05) is 12.0 Å². The van der Waals surface area contributed by atoms with Crippen LogP contribution in [0.1, 0.15) is 44.6 Å². The zero-order chi connectivity index (χ0) is 32.0. The number of amides is 2. The van der Waals surface area contributed by atoms with E-state index in [4.69, 9.17) is 14.6 Å². The van der Waals surface area contributed by atoms with E-state index in [-0.39, 0.29) is 30.2 Å². The third-order valence-corrected chi connectivity index (χ3v) is 9.38. The number of nitrogens with one attached hydrogen (secondary N) is 1. The van der Waals surface area contributed by atoms with Gasteiger partial charge in [-0.2, -0.15) is 5.10 Å². The molecule has 1 N–H and O–H groups in total. The standard InChI is InChI=1S/C34H32N6O4S2/c1-22-10-12-23(13-11-22)28-19-26(30-9-6-18-45-30)38-40(28)32(41)21-46-34-37-36-31(39(34)27-7-4-5-8-29(27)44-3)20-35-33(42)24-14-16-25(43-2)17-15-24/h4-18,28H,19-21H2,1-3H3,(H,35,42)/t28-/m1/s1. The van der Waals surface area contributed by atoms with E-state index in [2.05, 4.69) is 39.8 Å². The lowest BCUT2D eigenvalue weighted by Crippen LogP contribution is -2.28. The van der Waals surface area contributed by atoms with Crippen molar-refractivity contribution in [2.75, 3.05) is 20.0 Å². The third kappa shape index (κ3) is 6.68. The SMILES string of the molecule is COc1ccc(C(=O)NCc2nnc(SCC(=O)N3N=C(c4cccs4)C[C@@H]3c3ccc(C)cc3)n2-c2ccccc2OC)cc1. The van der Waals surface area contributed by atoms with E-state index < -0.39 is 0 Å². The smallest absolute Gasteiger partial charge is 0.253 e. The summed E-state index contributed by atoms with van der Waals surface area (Å²) < 4.78 is 12.7. The van der Waals surface area contributed by atoms with Gasteiger partial charge in [0.2, 0.25) is 0 Å². The van der Waals surface area contributed by atoms with Gasteiger partial charge in [0.1, 0.15) is 11.5 Å². The van der Waals surface area contributed by atoms with Crippen molar-refractivity contribution in [2.24, 2.45) is 5.10 Å². The summed E-state index contributed by atoms with van der Waals surface area (Å²) in [5.41, 5.74) is 4.26. The van der Waals surface area contributed by atoms with Gasteiger partial charge in [-0.25, -0.2) is 5.01 Å². The summed E-state index contributed by atoms with van der Waals surface area (Å²) in [6.45, 7) is 2.14. The highest BCUT2D eigenvalue weighted by Gasteiger charge is 2.33. The van der Waals surface area contributed by atoms with Crippen LogP contribution < -0.4 is 14.8 Å². The largest absolute Gasteiger partial charge is 0.497 e. The van der Waals surface area contributed by atoms with Crippen molar-refractivity contribution in [2.45, 2.75) is 31.1 Å². The summed E-state index contributed by atoms with van der Waals surface area (Å²) in [6.07, 6.45) is 0.634. The fourth-order valence-electron chi connectivity index (χ4n) is 5.14. The predicted molar refractivity (Wildman–Crippen MR) is 179 cm³/mol. The number of hydrazone groups is 1. The number of nitrogens with zero attached hydrogens (tertiary/aromatic N) is 5. The maximum Gasteiger partial charge on any atom is 0.253 e. The van der Waals surface area contributed by atoms with Gasteiger partial charge in [-0.05, 0) is 60.3 Å². The van der Waals surface area contributed by atoms with Crippen molar-refractivity contribution >= 4 is 40.6 Å². The minimum atomic E-state index is -0.266. The number of aromatic nitrogens is 3. The Balaban J connectivity index is 1.24. The van der Waals surface area contributed by atoms with Crippen molar-refractivity contribution in [1.29, 1.82) is 0 Å². The van der Waals surface area contributed by atoms with E-state index in [0.29, 0.717) is 40.2 Å². The third-order valence-electron chi connectivity index (χ3n) is 7.54. The zero-order valence-electron chi connectivity index (χ0n) is 25.5. The van der Waals surface area contributed by atoms with Crippen molar-refractivity contribution < 1.29 is 19.1 Å². The molecular formula is C34H32N6O4S2.